The summed E-state index contributed by atoms with van der Waals surface area (Å²) in [7, 11) is 0. The fourth-order valence-corrected chi connectivity index (χ4v) is 2.82. The van der Waals surface area contributed by atoms with Gasteiger partial charge in [-0.25, -0.2) is 0 Å². The Morgan fingerprint density at radius 3 is 2.78 bits per heavy atom. The Kier molecular flexibility index (Phi) is 4.37. The van der Waals surface area contributed by atoms with E-state index in [0.29, 0.717) is 18.5 Å². The first kappa shape index (κ1) is 13.1. The van der Waals surface area contributed by atoms with Gasteiger partial charge in [0, 0.05) is 12.6 Å². The molecule has 0 saturated carbocycles. The summed E-state index contributed by atoms with van der Waals surface area (Å²) >= 11 is 0. The van der Waals surface area contributed by atoms with Gasteiger partial charge in [0.2, 0.25) is 0 Å². The monoisotopic (exact) mass is 247 g/mol. The molecule has 3 heteroatoms. The molecule has 1 aliphatic rings. The highest BCUT2D eigenvalue weighted by molar-refractivity contribution is 5.66. The van der Waals surface area contributed by atoms with E-state index in [1.807, 2.05) is 6.07 Å². The summed E-state index contributed by atoms with van der Waals surface area (Å²) < 4.78 is 0. The molecule has 1 N–H and O–H groups in total. The molecule has 3 nitrogen and oxygen atoms in total. The fourth-order valence-electron chi connectivity index (χ4n) is 2.82. The van der Waals surface area contributed by atoms with E-state index in [1.54, 1.807) is 0 Å². The third-order valence-electron chi connectivity index (χ3n) is 4.00. The predicted molar refractivity (Wildman–Crippen MR) is 71.5 cm³/mol. The van der Waals surface area contributed by atoms with Crippen LogP contribution in [0.25, 0.3) is 0 Å². The summed E-state index contributed by atoms with van der Waals surface area (Å²) in [6.07, 6.45) is 2.53. The number of carboxylic acid groups (broad SMARTS) is 1. The number of carbonyl (C=O) groups is 1. The lowest BCUT2D eigenvalue weighted by Gasteiger charge is -2.24. The van der Waals surface area contributed by atoms with Crippen LogP contribution in [0.15, 0.2) is 30.3 Å². The average molecular weight is 247 g/mol. The minimum absolute atomic E-state index is 0.252. The standard InChI is InChI=1S/C15H21NO2/c1-12-14(11-13-5-3-2-4-6-13)7-9-16(12)10-8-15(17)18/h2-6,12,14H,7-11H2,1H3,(H,17,18). The highest BCUT2D eigenvalue weighted by atomic mass is 16.4. The number of aliphatic carboxylic acids is 1. The van der Waals surface area contributed by atoms with Crippen molar-refractivity contribution < 1.29 is 9.90 Å². The van der Waals surface area contributed by atoms with Crippen LogP contribution in [0.5, 0.6) is 0 Å². The second-order valence-electron chi connectivity index (χ2n) is 5.16. The molecule has 18 heavy (non-hydrogen) atoms. The second kappa shape index (κ2) is 6.01. The van der Waals surface area contributed by atoms with E-state index in [4.69, 9.17) is 5.11 Å². The Hall–Kier alpha value is -1.35. The topological polar surface area (TPSA) is 40.5 Å². The normalized spacial score (nSPS) is 24.3. The van der Waals surface area contributed by atoms with Gasteiger partial charge in [0.05, 0.1) is 6.42 Å². The van der Waals surface area contributed by atoms with Crippen molar-refractivity contribution in [1.82, 2.24) is 4.90 Å². The number of hydrogen-bond donors (Lipinski definition) is 1. The summed E-state index contributed by atoms with van der Waals surface area (Å²) in [5.74, 6) is -0.0464. The van der Waals surface area contributed by atoms with Gasteiger partial charge in [0.15, 0.2) is 0 Å². The molecule has 0 radical (unpaired) electrons. The van der Waals surface area contributed by atoms with E-state index in [2.05, 4.69) is 36.1 Å². The van der Waals surface area contributed by atoms with Gasteiger partial charge in [-0.1, -0.05) is 30.3 Å². The number of carboxylic acids is 1. The van der Waals surface area contributed by atoms with E-state index < -0.39 is 5.97 Å². The van der Waals surface area contributed by atoms with Crippen LogP contribution in [-0.4, -0.2) is 35.1 Å². The molecule has 1 aromatic carbocycles. The van der Waals surface area contributed by atoms with Gasteiger partial charge in [-0.3, -0.25) is 9.69 Å². The highest BCUT2D eigenvalue weighted by Gasteiger charge is 2.30. The molecule has 0 aliphatic carbocycles. The molecule has 0 bridgehead atoms. The van der Waals surface area contributed by atoms with Crippen molar-refractivity contribution in [3.05, 3.63) is 35.9 Å². The Morgan fingerprint density at radius 2 is 2.11 bits per heavy atom. The largest absolute Gasteiger partial charge is 0.481 e. The fraction of sp³-hybridized carbons (Fsp3) is 0.533. The van der Waals surface area contributed by atoms with Crippen LogP contribution in [-0.2, 0) is 11.2 Å². The molecule has 2 rings (SSSR count). The number of likely N-dealkylation sites (tertiary alicyclic amines) is 1. The van der Waals surface area contributed by atoms with Crippen molar-refractivity contribution in [2.24, 2.45) is 5.92 Å². The molecule has 1 aromatic rings. The van der Waals surface area contributed by atoms with E-state index in [1.165, 1.54) is 12.0 Å². The van der Waals surface area contributed by atoms with Crippen LogP contribution < -0.4 is 0 Å². The first-order valence-electron chi connectivity index (χ1n) is 6.66. The maximum Gasteiger partial charge on any atom is 0.304 e. The molecule has 0 aromatic heterocycles. The molecule has 98 valence electrons. The Morgan fingerprint density at radius 1 is 1.39 bits per heavy atom. The zero-order valence-electron chi connectivity index (χ0n) is 10.9. The first-order valence-corrected chi connectivity index (χ1v) is 6.66. The smallest absolute Gasteiger partial charge is 0.304 e. The Labute approximate surface area is 108 Å². The van der Waals surface area contributed by atoms with E-state index in [-0.39, 0.29) is 6.42 Å². The molecule has 2 unspecified atom stereocenters. The molecule has 0 spiro atoms. The van der Waals surface area contributed by atoms with Gasteiger partial charge in [0.25, 0.3) is 0 Å². The van der Waals surface area contributed by atoms with Crippen LogP contribution in [0.2, 0.25) is 0 Å². The maximum absolute atomic E-state index is 10.6. The van der Waals surface area contributed by atoms with Crippen molar-refractivity contribution >= 4 is 5.97 Å². The highest BCUT2D eigenvalue weighted by Crippen LogP contribution is 2.27. The first-order chi connectivity index (χ1) is 8.66. The molecular weight excluding hydrogens is 226 g/mol. The van der Waals surface area contributed by atoms with Gasteiger partial charge < -0.3 is 5.11 Å². The third-order valence-corrected chi connectivity index (χ3v) is 4.00. The van der Waals surface area contributed by atoms with Crippen molar-refractivity contribution in [1.29, 1.82) is 0 Å². The second-order valence-corrected chi connectivity index (χ2v) is 5.16. The van der Waals surface area contributed by atoms with Crippen molar-refractivity contribution in [3.63, 3.8) is 0 Å². The Balaban J connectivity index is 1.87. The quantitative estimate of drug-likeness (QED) is 0.868. The minimum Gasteiger partial charge on any atom is -0.481 e. The van der Waals surface area contributed by atoms with Crippen LogP contribution in [0, 0.1) is 5.92 Å². The molecule has 0 amide bonds. The lowest BCUT2D eigenvalue weighted by Crippen LogP contribution is -2.32. The van der Waals surface area contributed by atoms with Crippen LogP contribution in [0.3, 0.4) is 0 Å². The lowest BCUT2D eigenvalue weighted by molar-refractivity contribution is -0.137. The SMILES string of the molecule is CC1C(Cc2ccccc2)CCN1CCC(=O)O. The Bertz CT molecular complexity index is 391. The van der Waals surface area contributed by atoms with Crippen LogP contribution >= 0.6 is 0 Å². The van der Waals surface area contributed by atoms with E-state index in [0.717, 1.165) is 13.0 Å². The van der Waals surface area contributed by atoms with Gasteiger partial charge in [-0.15, -0.1) is 0 Å². The minimum atomic E-state index is -0.700. The number of nitrogens with zero attached hydrogens (tertiary/aromatic N) is 1. The molecular formula is C15H21NO2. The summed E-state index contributed by atoms with van der Waals surface area (Å²) in [5.41, 5.74) is 1.38. The van der Waals surface area contributed by atoms with Gasteiger partial charge in [-0.2, -0.15) is 0 Å². The number of hydrogen-bond acceptors (Lipinski definition) is 2. The summed E-state index contributed by atoms with van der Waals surface area (Å²) in [6.45, 7) is 3.94. The lowest BCUT2D eigenvalue weighted by atomic mass is 9.93. The van der Waals surface area contributed by atoms with E-state index in [9.17, 15) is 4.79 Å². The van der Waals surface area contributed by atoms with Gasteiger partial charge >= 0.3 is 5.97 Å². The molecule has 1 heterocycles. The van der Waals surface area contributed by atoms with E-state index >= 15 is 0 Å². The van der Waals surface area contributed by atoms with Crippen molar-refractivity contribution in [2.45, 2.75) is 32.2 Å². The van der Waals surface area contributed by atoms with Crippen LogP contribution in [0.1, 0.15) is 25.3 Å². The van der Waals surface area contributed by atoms with Crippen molar-refractivity contribution in [2.75, 3.05) is 13.1 Å². The van der Waals surface area contributed by atoms with Crippen molar-refractivity contribution in [3.8, 4) is 0 Å². The molecule has 2 atom stereocenters. The molecule has 1 fully saturated rings. The number of rotatable bonds is 5. The molecule has 1 aliphatic heterocycles. The van der Waals surface area contributed by atoms with Gasteiger partial charge in [0.1, 0.15) is 0 Å². The summed E-state index contributed by atoms with van der Waals surface area (Å²) in [6, 6.07) is 11.0. The average Bonchev–Trinajstić information content (AvgIpc) is 2.70. The third kappa shape index (κ3) is 3.33. The predicted octanol–water partition coefficient (Wildman–Crippen LogP) is 2.41. The summed E-state index contributed by atoms with van der Waals surface area (Å²) in [5, 5.41) is 8.73. The number of benzene rings is 1. The zero-order chi connectivity index (χ0) is 13.0. The van der Waals surface area contributed by atoms with Gasteiger partial charge in [-0.05, 0) is 37.8 Å². The zero-order valence-corrected chi connectivity index (χ0v) is 10.9. The molecule has 1 saturated heterocycles. The summed E-state index contributed by atoms with van der Waals surface area (Å²) in [4.78, 5) is 12.9. The maximum atomic E-state index is 10.6. The van der Waals surface area contributed by atoms with Crippen LogP contribution in [0.4, 0.5) is 0 Å².